The lowest BCUT2D eigenvalue weighted by Crippen LogP contribution is -2.37. The largest absolute Gasteiger partial charge is 0.369 e. The molecule has 120 valence electrons. The summed E-state index contributed by atoms with van der Waals surface area (Å²) in [5.41, 5.74) is 24.1. The molecule has 0 bridgehead atoms. The summed E-state index contributed by atoms with van der Waals surface area (Å²) in [6.45, 7) is 0.667. The summed E-state index contributed by atoms with van der Waals surface area (Å²) in [6, 6.07) is -0.137. The van der Waals surface area contributed by atoms with E-state index in [0.717, 1.165) is 0 Å². The predicted octanol–water partition coefficient (Wildman–Crippen LogP) is -2.11. The van der Waals surface area contributed by atoms with E-state index >= 15 is 0 Å². The van der Waals surface area contributed by atoms with Gasteiger partial charge in [0.2, 0.25) is 5.91 Å². The molecule has 10 heteroatoms. The first kappa shape index (κ1) is 17.1. The van der Waals surface area contributed by atoms with Gasteiger partial charge in [0.05, 0.1) is 0 Å². The number of nitro groups is 1. The van der Waals surface area contributed by atoms with Gasteiger partial charge in [-0.1, -0.05) is 5.43 Å². The fourth-order valence-corrected chi connectivity index (χ4v) is 2.87. The molecule has 4 atom stereocenters. The second-order valence-corrected chi connectivity index (χ2v) is 5.34. The number of carbonyl (C=O) groups excluding carboxylic acids is 1. The molecule has 1 aliphatic rings. The fraction of sp³-hybridized carbons (Fsp3) is 0.818. The Morgan fingerprint density at radius 2 is 2.10 bits per heavy atom. The highest BCUT2D eigenvalue weighted by Crippen LogP contribution is 2.36. The highest BCUT2D eigenvalue weighted by molar-refractivity contribution is 5.77. The van der Waals surface area contributed by atoms with Crippen molar-refractivity contribution in [3.8, 4) is 0 Å². The van der Waals surface area contributed by atoms with Crippen LogP contribution in [-0.2, 0) is 4.79 Å². The Morgan fingerprint density at radius 1 is 1.43 bits per heavy atom. The molecule has 1 amide bonds. The third kappa shape index (κ3) is 5.16. The number of nitrogens with two attached hydrogens (primary N) is 4. The molecule has 1 aliphatic carbocycles. The number of hydrazine groups is 1. The quantitative estimate of drug-likeness (QED) is 0.154. The number of nitrogens with zero attached hydrogens (tertiary/aromatic N) is 2. The maximum Gasteiger partial charge on any atom is 0.251 e. The van der Waals surface area contributed by atoms with E-state index in [1.54, 1.807) is 5.43 Å². The van der Waals surface area contributed by atoms with Crippen molar-refractivity contribution in [1.29, 1.82) is 0 Å². The highest BCUT2D eigenvalue weighted by Gasteiger charge is 2.37. The lowest BCUT2D eigenvalue weighted by atomic mass is 9.87. The molecule has 0 aliphatic heterocycles. The van der Waals surface area contributed by atoms with Gasteiger partial charge >= 0.3 is 0 Å². The van der Waals surface area contributed by atoms with Crippen molar-refractivity contribution in [2.75, 3.05) is 13.1 Å². The summed E-state index contributed by atoms with van der Waals surface area (Å²) < 4.78 is 0. The maximum atomic E-state index is 11.5. The molecule has 4 unspecified atom stereocenters. The Morgan fingerprint density at radius 3 is 2.62 bits per heavy atom. The standard InChI is InChI=1S/C11H23N7O3/c12-2-1-8(10(14)19)6-3-7(9(13)4-6)5-16-11(15)17-18(20)21/h6-9H,1-5,12-13H2,(H2,14,19)(H3,15,16,17). The molecule has 0 aromatic rings. The molecule has 0 heterocycles. The maximum absolute atomic E-state index is 11.5. The third-order valence-corrected chi connectivity index (χ3v) is 3.90. The normalized spacial score (nSPS) is 27.3. The first-order chi connectivity index (χ1) is 9.85. The third-order valence-electron chi connectivity index (χ3n) is 3.90. The van der Waals surface area contributed by atoms with Crippen molar-refractivity contribution in [3.05, 3.63) is 10.1 Å². The van der Waals surface area contributed by atoms with E-state index in [1.807, 2.05) is 0 Å². The smallest absolute Gasteiger partial charge is 0.251 e. The number of aliphatic imine (C=N–C) groups is 1. The number of nitrogens with one attached hydrogen (secondary N) is 1. The second kappa shape index (κ2) is 7.74. The van der Waals surface area contributed by atoms with Gasteiger partial charge in [0.15, 0.2) is 5.03 Å². The minimum absolute atomic E-state index is 0.0155. The van der Waals surface area contributed by atoms with Gasteiger partial charge in [0, 0.05) is 18.5 Å². The van der Waals surface area contributed by atoms with Gasteiger partial charge in [0.25, 0.3) is 5.96 Å². The molecule has 0 radical (unpaired) electrons. The average molecular weight is 301 g/mol. The van der Waals surface area contributed by atoms with Gasteiger partial charge < -0.3 is 22.9 Å². The summed E-state index contributed by atoms with van der Waals surface area (Å²) in [4.78, 5) is 25.6. The Kier molecular flexibility index (Phi) is 6.31. The molecule has 9 N–H and O–H groups in total. The Labute approximate surface area is 122 Å². The number of primary amides is 1. The molecular formula is C11H23N7O3. The number of hydrogen-bond acceptors (Lipinski definition) is 6. The molecule has 1 rings (SSSR count). The molecular weight excluding hydrogens is 278 g/mol. The van der Waals surface area contributed by atoms with E-state index in [9.17, 15) is 14.9 Å². The van der Waals surface area contributed by atoms with Crippen LogP contribution in [0.25, 0.3) is 0 Å². The number of hydrogen-bond donors (Lipinski definition) is 5. The van der Waals surface area contributed by atoms with Gasteiger partial charge in [-0.05, 0) is 37.6 Å². The second-order valence-electron chi connectivity index (χ2n) is 5.34. The van der Waals surface area contributed by atoms with Gasteiger partial charge in [0.1, 0.15) is 0 Å². The summed E-state index contributed by atoms with van der Waals surface area (Å²) in [7, 11) is 0. The van der Waals surface area contributed by atoms with Crippen LogP contribution in [0.1, 0.15) is 19.3 Å². The van der Waals surface area contributed by atoms with Crippen molar-refractivity contribution >= 4 is 11.9 Å². The summed E-state index contributed by atoms with van der Waals surface area (Å²) >= 11 is 0. The molecule has 0 aromatic carbocycles. The predicted molar refractivity (Wildman–Crippen MR) is 77.2 cm³/mol. The van der Waals surface area contributed by atoms with Crippen LogP contribution in [0.4, 0.5) is 0 Å². The average Bonchev–Trinajstić information content (AvgIpc) is 2.73. The van der Waals surface area contributed by atoms with Crippen LogP contribution >= 0.6 is 0 Å². The lowest BCUT2D eigenvalue weighted by Gasteiger charge is -2.19. The van der Waals surface area contributed by atoms with E-state index in [-0.39, 0.29) is 42.2 Å². The van der Waals surface area contributed by atoms with E-state index in [2.05, 4.69) is 4.99 Å². The number of guanidine groups is 1. The van der Waals surface area contributed by atoms with E-state index < -0.39 is 5.03 Å². The number of rotatable bonds is 7. The minimum atomic E-state index is -0.777. The first-order valence-corrected chi connectivity index (χ1v) is 6.81. The summed E-state index contributed by atoms with van der Waals surface area (Å²) in [5, 5.41) is 9.43. The van der Waals surface area contributed by atoms with Crippen LogP contribution in [0.15, 0.2) is 4.99 Å². The van der Waals surface area contributed by atoms with Crippen LogP contribution in [0.2, 0.25) is 0 Å². The zero-order chi connectivity index (χ0) is 16.0. The molecule has 10 nitrogen and oxygen atoms in total. The van der Waals surface area contributed by atoms with Crippen LogP contribution < -0.4 is 28.4 Å². The summed E-state index contributed by atoms with van der Waals surface area (Å²) in [6.07, 6.45) is 1.88. The molecule has 21 heavy (non-hydrogen) atoms. The highest BCUT2D eigenvalue weighted by atomic mass is 16.7. The molecule has 0 aromatic heterocycles. The van der Waals surface area contributed by atoms with E-state index in [1.165, 1.54) is 0 Å². The van der Waals surface area contributed by atoms with Gasteiger partial charge in [-0.15, -0.1) is 0 Å². The van der Waals surface area contributed by atoms with Gasteiger partial charge in [-0.25, -0.2) is 15.1 Å². The lowest BCUT2D eigenvalue weighted by molar-refractivity contribution is -0.525. The first-order valence-electron chi connectivity index (χ1n) is 6.81. The fourth-order valence-electron chi connectivity index (χ4n) is 2.87. The van der Waals surface area contributed by atoms with Gasteiger partial charge in [-0.2, -0.15) is 0 Å². The van der Waals surface area contributed by atoms with Crippen LogP contribution in [-0.4, -0.2) is 36.0 Å². The Hall–Kier alpha value is -1.94. The SMILES string of the molecule is NCCC(C(N)=O)C1CC(N)C(CN=C(N)N[N+](=O)[O-])C1. The van der Waals surface area contributed by atoms with Crippen LogP contribution in [0.5, 0.6) is 0 Å². The van der Waals surface area contributed by atoms with Crippen molar-refractivity contribution < 1.29 is 9.83 Å². The monoisotopic (exact) mass is 301 g/mol. The summed E-state index contributed by atoms with van der Waals surface area (Å²) in [5.74, 6) is -0.822. The van der Waals surface area contributed by atoms with Crippen molar-refractivity contribution in [1.82, 2.24) is 5.43 Å². The topological polar surface area (TPSA) is 189 Å². The zero-order valence-corrected chi connectivity index (χ0v) is 11.8. The number of amides is 1. The molecule has 0 saturated heterocycles. The molecule has 1 fully saturated rings. The van der Waals surface area contributed by atoms with E-state index in [4.69, 9.17) is 22.9 Å². The zero-order valence-electron chi connectivity index (χ0n) is 11.8. The van der Waals surface area contributed by atoms with Crippen molar-refractivity contribution in [2.45, 2.75) is 25.3 Å². The Bertz CT molecular complexity index is 415. The van der Waals surface area contributed by atoms with E-state index in [0.29, 0.717) is 25.8 Å². The van der Waals surface area contributed by atoms with Crippen molar-refractivity contribution in [2.24, 2.45) is 45.7 Å². The number of carbonyl (C=O) groups is 1. The van der Waals surface area contributed by atoms with Gasteiger partial charge in [-0.3, -0.25) is 4.79 Å². The molecule has 1 saturated carbocycles. The van der Waals surface area contributed by atoms with Crippen LogP contribution in [0, 0.1) is 27.9 Å². The molecule has 0 spiro atoms. The van der Waals surface area contributed by atoms with Crippen molar-refractivity contribution in [3.63, 3.8) is 0 Å². The minimum Gasteiger partial charge on any atom is -0.369 e. The Balaban J connectivity index is 2.59. The van der Waals surface area contributed by atoms with Crippen LogP contribution in [0.3, 0.4) is 0 Å².